The van der Waals surface area contributed by atoms with Crippen LogP contribution in [-0.4, -0.2) is 50.0 Å². The van der Waals surface area contributed by atoms with E-state index in [1.165, 1.54) is 44.4 Å². The lowest BCUT2D eigenvalue weighted by molar-refractivity contribution is -0.154. The maximum Gasteiger partial charge on any atom is 0.422 e. The predicted molar refractivity (Wildman–Crippen MR) is 117 cm³/mol. The van der Waals surface area contributed by atoms with E-state index >= 15 is 0 Å². The first-order valence-corrected chi connectivity index (χ1v) is 9.67. The summed E-state index contributed by atoms with van der Waals surface area (Å²) in [4.78, 5) is 8.03. The molecule has 1 aliphatic carbocycles. The van der Waals surface area contributed by atoms with E-state index in [-0.39, 0.29) is 29.9 Å². The van der Waals surface area contributed by atoms with Crippen molar-refractivity contribution in [2.45, 2.75) is 57.3 Å². The Balaban J connectivity index is 0.00000420. The number of rotatable bonds is 9. The number of hydrogen-bond donors (Lipinski definition) is 2. The van der Waals surface area contributed by atoms with Gasteiger partial charge in [0.1, 0.15) is 0 Å². The molecule has 1 fully saturated rings. The first kappa shape index (κ1) is 25.7. The molecule has 1 aliphatic rings. The minimum Gasteiger partial charge on any atom is -0.468 e. The van der Waals surface area contributed by atoms with Crippen LogP contribution in [0.1, 0.15) is 44.1 Å². The molecule has 1 aromatic heterocycles. The van der Waals surface area contributed by atoms with Gasteiger partial charge in [-0.05, 0) is 24.8 Å². The molecule has 0 saturated heterocycles. The second-order valence-corrected chi connectivity index (χ2v) is 6.75. The zero-order valence-corrected chi connectivity index (χ0v) is 19.0. The van der Waals surface area contributed by atoms with Crippen LogP contribution in [0.25, 0.3) is 0 Å². The highest BCUT2D eigenvalue weighted by Gasteiger charge is 2.28. The molecule has 0 amide bonds. The maximum absolute atomic E-state index is 12.1. The minimum absolute atomic E-state index is 0. The second kappa shape index (κ2) is 13.8. The van der Waals surface area contributed by atoms with Crippen molar-refractivity contribution in [3.63, 3.8) is 0 Å². The number of nitrogens with zero attached hydrogens (tertiary/aromatic N) is 2. The monoisotopic (exact) mass is 530 g/mol. The van der Waals surface area contributed by atoms with Crippen LogP contribution >= 0.6 is 24.0 Å². The molecule has 0 unspecified atom stereocenters. The Morgan fingerprint density at radius 2 is 1.97 bits per heavy atom. The molecule has 0 atom stereocenters. The predicted octanol–water partition coefficient (Wildman–Crippen LogP) is 4.05. The molecule has 0 aromatic carbocycles. The number of nitrogens with one attached hydrogen (secondary N) is 2. The van der Waals surface area contributed by atoms with E-state index in [0.717, 1.165) is 25.1 Å². The Kier molecular flexibility index (Phi) is 12.3. The highest BCUT2D eigenvalue weighted by molar-refractivity contribution is 14.0. The normalized spacial score (nSPS) is 15.5. The molecule has 1 aromatic rings. The summed E-state index contributed by atoms with van der Waals surface area (Å²) in [6.45, 7) is 0.580. The van der Waals surface area contributed by atoms with Gasteiger partial charge in [0.2, 0.25) is 5.88 Å². The molecule has 2 rings (SSSR count). The number of hydrogen-bond acceptors (Lipinski definition) is 4. The Morgan fingerprint density at radius 1 is 1.21 bits per heavy atom. The number of guanidine groups is 1. The van der Waals surface area contributed by atoms with E-state index < -0.39 is 12.8 Å². The molecule has 10 heteroatoms. The molecule has 0 aliphatic heterocycles. The van der Waals surface area contributed by atoms with Gasteiger partial charge < -0.3 is 20.1 Å². The smallest absolute Gasteiger partial charge is 0.422 e. The number of halogens is 4. The van der Waals surface area contributed by atoms with E-state index in [1.807, 2.05) is 0 Å². The van der Waals surface area contributed by atoms with Crippen LogP contribution in [0.3, 0.4) is 0 Å². The first-order chi connectivity index (χ1) is 13.5. The number of aliphatic imine (C=N–C) groups is 1. The van der Waals surface area contributed by atoms with Crippen molar-refractivity contribution in [3.05, 3.63) is 23.9 Å². The Morgan fingerprint density at radius 3 is 2.59 bits per heavy atom. The zero-order valence-electron chi connectivity index (χ0n) is 16.6. The molecule has 1 heterocycles. The fraction of sp³-hybridized carbons (Fsp3) is 0.684. The number of aromatic nitrogens is 1. The van der Waals surface area contributed by atoms with Gasteiger partial charge in [-0.3, -0.25) is 4.99 Å². The molecular weight excluding hydrogens is 500 g/mol. The molecule has 0 radical (unpaired) electrons. The van der Waals surface area contributed by atoms with Gasteiger partial charge in [-0.25, -0.2) is 4.98 Å². The van der Waals surface area contributed by atoms with E-state index in [0.29, 0.717) is 18.6 Å². The quantitative estimate of drug-likeness (QED) is 0.218. The summed E-state index contributed by atoms with van der Waals surface area (Å²) in [5, 5.41) is 6.35. The van der Waals surface area contributed by atoms with Crippen molar-refractivity contribution in [3.8, 4) is 5.88 Å². The van der Waals surface area contributed by atoms with Crippen LogP contribution in [0.2, 0.25) is 0 Å². The maximum atomic E-state index is 12.1. The molecule has 2 N–H and O–H groups in total. The summed E-state index contributed by atoms with van der Waals surface area (Å²) in [6.07, 6.45) is 4.61. The van der Waals surface area contributed by atoms with Crippen LogP contribution in [0.15, 0.2) is 23.3 Å². The second-order valence-electron chi connectivity index (χ2n) is 6.75. The van der Waals surface area contributed by atoms with Crippen LogP contribution in [0.5, 0.6) is 5.88 Å². The van der Waals surface area contributed by atoms with Gasteiger partial charge in [0, 0.05) is 39.0 Å². The Hall–Kier alpha value is -1.30. The Labute approximate surface area is 187 Å². The third-order valence-electron chi connectivity index (χ3n) is 4.38. The lowest BCUT2D eigenvalue weighted by atomic mass is 9.98. The van der Waals surface area contributed by atoms with Crippen molar-refractivity contribution in [1.82, 2.24) is 15.6 Å². The highest BCUT2D eigenvalue weighted by Crippen LogP contribution is 2.20. The summed E-state index contributed by atoms with van der Waals surface area (Å²) >= 11 is 0. The van der Waals surface area contributed by atoms with Crippen molar-refractivity contribution >= 4 is 29.9 Å². The highest BCUT2D eigenvalue weighted by atomic mass is 127. The summed E-state index contributed by atoms with van der Waals surface area (Å²) in [5.74, 6) is 0.594. The van der Waals surface area contributed by atoms with Crippen molar-refractivity contribution in [1.29, 1.82) is 0 Å². The number of ether oxygens (including phenoxy) is 2. The van der Waals surface area contributed by atoms with E-state index in [9.17, 15) is 13.2 Å². The van der Waals surface area contributed by atoms with Gasteiger partial charge in [-0.15, -0.1) is 24.0 Å². The van der Waals surface area contributed by atoms with Gasteiger partial charge in [0.25, 0.3) is 0 Å². The van der Waals surface area contributed by atoms with E-state index in [1.54, 1.807) is 13.1 Å². The van der Waals surface area contributed by atoms with Gasteiger partial charge in [-0.2, -0.15) is 13.2 Å². The molecule has 29 heavy (non-hydrogen) atoms. The molecule has 0 bridgehead atoms. The van der Waals surface area contributed by atoms with Crippen LogP contribution < -0.4 is 15.4 Å². The zero-order chi connectivity index (χ0) is 20.2. The number of alkyl halides is 3. The van der Waals surface area contributed by atoms with Gasteiger partial charge >= 0.3 is 6.18 Å². The lowest BCUT2D eigenvalue weighted by Crippen LogP contribution is -2.37. The average molecular weight is 530 g/mol. The van der Waals surface area contributed by atoms with Crippen LogP contribution in [0, 0.1) is 0 Å². The summed E-state index contributed by atoms with van der Waals surface area (Å²) in [6, 6.07) is 3.08. The largest absolute Gasteiger partial charge is 0.468 e. The summed E-state index contributed by atoms with van der Waals surface area (Å²) < 4.78 is 46.8. The molecule has 0 spiro atoms. The topological polar surface area (TPSA) is 67.8 Å². The first-order valence-electron chi connectivity index (χ1n) is 9.67. The third-order valence-corrected chi connectivity index (χ3v) is 4.38. The van der Waals surface area contributed by atoms with Crippen LogP contribution in [0.4, 0.5) is 13.2 Å². The van der Waals surface area contributed by atoms with E-state index in [4.69, 9.17) is 4.74 Å². The average Bonchev–Trinajstić information content (AvgIpc) is 2.69. The molecular formula is C19H30F3IN4O2. The van der Waals surface area contributed by atoms with Gasteiger partial charge in [-0.1, -0.05) is 25.3 Å². The standard InChI is InChI=1S/C19H29F3N4O2.HI/c1-23-18(24-10-5-11-27-16-6-3-2-4-7-16)26-13-15-8-9-17(25-12-15)28-14-19(20,21)22;/h8-9,12,16H,2-7,10-11,13-14H2,1H3,(H2,23,24,26);1H. The molecule has 6 nitrogen and oxygen atoms in total. The van der Waals surface area contributed by atoms with Crippen molar-refractivity contribution in [2.24, 2.45) is 4.99 Å². The number of pyridine rings is 1. The van der Waals surface area contributed by atoms with Crippen molar-refractivity contribution < 1.29 is 22.6 Å². The minimum atomic E-state index is -4.37. The summed E-state index contributed by atoms with van der Waals surface area (Å²) in [5.41, 5.74) is 0.808. The van der Waals surface area contributed by atoms with E-state index in [2.05, 4.69) is 25.3 Å². The molecule has 1 saturated carbocycles. The van der Waals surface area contributed by atoms with Crippen LogP contribution in [-0.2, 0) is 11.3 Å². The van der Waals surface area contributed by atoms with Gasteiger partial charge in [0.05, 0.1) is 6.10 Å². The Bertz CT molecular complexity index is 594. The van der Waals surface area contributed by atoms with Gasteiger partial charge in [0.15, 0.2) is 12.6 Å². The fourth-order valence-corrected chi connectivity index (χ4v) is 2.92. The third kappa shape index (κ3) is 11.5. The lowest BCUT2D eigenvalue weighted by Gasteiger charge is -2.22. The SMILES string of the molecule is CN=C(NCCCOC1CCCCC1)NCc1ccc(OCC(F)(F)F)nc1.I. The van der Waals surface area contributed by atoms with Crippen molar-refractivity contribution in [2.75, 3.05) is 26.8 Å². The summed E-state index contributed by atoms with van der Waals surface area (Å²) in [7, 11) is 1.68. The fourth-order valence-electron chi connectivity index (χ4n) is 2.92. The molecule has 166 valence electrons.